The maximum atomic E-state index is 11.9. The molecule has 6 nitrogen and oxygen atoms in total. The SMILES string of the molecule is CC1=[N+](C)C(C)C[N+]1(C)OP(=O)(O)OCC(C)C. The van der Waals surface area contributed by atoms with Gasteiger partial charge >= 0.3 is 13.7 Å². The quantitative estimate of drug-likeness (QED) is 0.472. The second-order valence-electron chi connectivity index (χ2n) is 5.53. The van der Waals surface area contributed by atoms with Crippen LogP contribution >= 0.6 is 7.82 Å². The van der Waals surface area contributed by atoms with Gasteiger partial charge in [-0.05, 0) is 5.92 Å². The lowest BCUT2D eigenvalue weighted by atomic mass is 10.2. The van der Waals surface area contributed by atoms with Crippen molar-refractivity contribution in [1.29, 1.82) is 0 Å². The van der Waals surface area contributed by atoms with E-state index in [0.717, 1.165) is 5.84 Å². The lowest BCUT2D eigenvalue weighted by Gasteiger charge is -2.24. The zero-order valence-corrected chi connectivity index (χ0v) is 13.0. The van der Waals surface area contributed by atoms with Crippen molar-refractivity contribution < 1.29 is 27.8 Å². The largest absolute Gasteiger partial charge is 0.518 e. The molecule has 1 heterocycles. The molecule has 0 saturated heterocycles. The fraction of sp³-hybridized carbons (Fsp3) is 0.909. The number of rotatable bonds is 5. The van der Waals surface area contributed by atoms with E-state index in [4.69, 9.17) is 9.15 Å². The van der Waals surface area contributed by atoms with E-state index in [2.05, 4.69) is 0 Å². The van der Waals surface area contributed by atoms with Crippen LogP contribution < -0.4 is 0 Å². The van der Waals surface area contributed by atoms with Crippen molar-refractivity contribution in [3.8, 4) is 0 Å². The third-order valence-corrected chi connectivity index (χ3v) is 4.37. The Balaban J connectivity index is 2.76. The summed E-state index contributed by atoms with van der Waals surface area (Å²) in [6, 6.07) is 0.264. The number of hydrogen-bond donors (Lipinski definition) is 1. The maximum Gasteiger partial charge on any atom is 0.518 e. The summed E-state index contributed by atoms with van der Waals surface area (Å²) in [5.41, 5.74) is 0. The summed E-state index contributed by atoms with van der Waals surface area (Å²) in [5.74, 6) is 1.08. The number of nitrogens with zero attached hydrogens (tertiary/aromatic N) is 2. The fourth-order valence-corrected chi connectivity index (χ4v) is 3.17. The molecule has 18 heavy (non-hydrogen) atoms. The molecule has 0 aliphatic carbocycles. The Labute approximate surface area is 109 Å². The average Bonchev–Trinajstić information content (AvgIpc) is 2.39. The Kier molecular flexibility index (Phi) is 4.73. The fourth-order valence-electron chi connectivity index (χ4n) is 2.00. The summed E-state index contributed by atoms with van der Waals surface area (Å²) in [4.78, 5) is 9.74. The van der Waals surface area contributed by atoms with Crippen molar-refractivity contribution in [3.05, 3.63) is 0 Å². The van der Waals surface area contributed by atoms with Crippen LogP contribution in [0, 0.1) is 5.92 Å². The average molecular weight is 280 g/mol. The minimum absolute atomic E-state index is 0.0104. The van der Waals surface area contributed by atoms with Gasteiger partial charge in [0.25, 0.3) is 0 Å². The molecule has 1 aliphatic rings. The number of phosphoric ester groups is 1. The van der Waals surface area contributed by atoms with Crippen LogP contribution in [0.5, 0.6) is 0 Å². The van der Waals surface area contributed by atoms with E-state index in [1.807, 2.05) is 39.3 Å². The van der Waals surface area contributed by atoms with Crippen LogP contribution in [0.25, 0.3) is 0 Å². The Hall–Kier alpha value is -0.260. The minimum atomic E-state index is -4.03. The molecule has 0 radical (unpaired) electrons. The van der Waals surface area contributed by atoms with Crippen molar-refractivity contribution >= 4 is 13.7 Å². The number of amidine groups is 1. The van der Waals surface area contributed by atoms with Crippen molar-refractivity contribution in [3.63, 3.8) is 0 Å². The van der Waals surface area contributed by atoms with Gasteiger partial charge in [-0.3, -0.25) is 9.42 Å². The second-order valence-corrected chi connectivity index (χ2v) is 6.89. The first-order valence-electron chi connectivity index (χ1n) is 6.18. The highest BCUT2D eigenvalue weighted by atomic mass is 31.2. The van der Waals surface area contributed by atoms with E-state index in [1.165, 1.54) is 0 Å². The first kappa shape index (κ1) is 15.8. The summed E-state index contributed by atoms with van der Waals surface area (Å²) in [6.45, 7) is 8.61. The third kappa shape index (κ3) is 3.62. The normalized spacial score (nSPS) is 32.1. The van der Waals surface area contributed by atoms with Crippen LogP contribution in [-0.2, 0) is 13.7 Å². The van der Waals surface area contributed by atoms with Crippen LogP contribution in [0.2, 0.25) is 0 Å². The van der Waals surface area contributed by atoms with Crippen LogP contribution in [0.4, 0.5) is 0 Å². The van der Waals surface area contributed by atoms with Gasteiger partial charge in [-0.1, -0.05) is 23.1 Å². The van der Waals surface area contributed by atoms with E-state index < -0.39 is 7.82 Å². The van der Waals surface area contributed by atoms with Crippen LogP contribution in [0.15, 0.2) is 0 Å². The van der Waals surface area contributed by atoms with Crippen LogP contribution in [0.3, 0.4) is 0 Å². The Morgan fingerprint density at radius 2 is 2.17 bits per heavy atom. The highest BCUT2D eigenvalue weighted by molar-refractivity contribution is 7.47. The minimum Gasteiger partial charge on any atom is -0.299 e. The first-order chi connectivity index (χ1) is 8.07. The molecule has 0 saturated carbocycles. The predicted octanol–water partition coefficient (Wildman–Crippen LogP) is 1.60. The van der Waals surface area contributed by atoms with Gasteiger partial charge in [-0.2, -0.15) is 4.58 Å². The highest BCUT2D eigenvalue weighted by Gasteiger charge is 2.51. The Bertz CT molecular complexity index is 397. The number of likely N-dealkylation sites (N-methyl/N-ethyl adjacent to an activating group) is 2. The van der Waals surface area contributed by atoms with Gasteiger partial charge in [0, 0.05) is 6.92 Å². The lowest BCUT2D eigenvalue weighted by molar-refractivity contribution is -0.992. The second kappa shape index (κ2) is 5.39. The molecule has 0 amide bonds. The number of quaternary nitrogens is 1. The first-order valence-corrected chi connectivity index (χ1v) is 7.68. The van der Waals surface area contributed by atoms with Crippen LogP contribution in [0.1, 0.15) is 27.7 Å². The van der Waals surface area contributed by atoms with Gasteiger partial charge in [0.2, 0.25) is 6.04 Å². The van der Waals surface area contributed by atoms with E-state index in [1.54, 1.807) is 7.05 Å². The van der Waals surface area contributed by atoms with Gasteiger partial charge < -0.3 is 0 Å². The monoisotopic (exact) mass is 280 g/mol. The van der Waals surface area contributed by atoms with E-state index in [-0.39, 0.29) is 23.2 Å². The van der Waals surface area contributed by atoms with Crippen molar-refractivity contribution in [2.24, 2.45) is 5.92 Å². The Morgan fingerprint density at radius 1 is 1.61 bits per heavy atom. The molecule has 7 heteroatoms. The predicted molar refractivity (Wildman–Crippen MR) is 69.1 cm³/mol. The molecule has 1 rings (SSSR count). The van der Waals surface area contributed by atoms with Crippen molar-refractivity contribution in [2.45, 2.75) is 33.7 Å². The number of hydrogen-bond acceptors (Lipinski definition) is 3. The van der Waals surface area contributed by atoms with E-state index >= 15 is 0 Å². The molecule has 106 valence electrons. The molecular weight excluding hydrogens is 255 g/mol. The number of phosphoric acid groups is 1. The topological polar surface area (TPSA) is 58.8 Å². The van der Waals surface area contributed by atoms with Crippen LogP contribution in [-0.4, -0.2) is 53.2 Å². The van der Waals surface area contributed by atoms with Gasteiger partial charge in [0.05, 0.1) is 13.5 Å². The molecule has 0 bridgehead atoms. The molecule has 0 aromatic carbocycles. The van der Waals surface area contributed by atoms with Crippen molar-refractivity contribution in [1.82, 2.24) is 0 Å². The van der Waals surface area contributed by atoms with E-state index in [0.29, 0.717) is 6.54 Å². The molecular formula is C11H25N2O4P+2. The standard InChI is InChI=1S/C11H24N2O4P/c1-9(2)8-16-18(14,15)17-13(6)7-10(3)12(5)11(13)4/h9-10H,7-8H2,1-6H3/q+1/p+1. The molecule has 3 atom stereocenters. The zero-order chi connectivity index (χ0) is 14.1. The molecule has 0 fully saturated rings. The summed E-state index contributed by atoms with van der Waals surface area (Å²) in [5, 5.41) is 0. The van der Waals surface area contributed by atoms with Gasteiger partial charge in [0.15, 0.2) is 6.54 Å². The molecule has 1 N–H and O–H groups in total. The maximum absolute atomic E-state index is 11.9. The molecule has 3 unspecified atom stereocenters. The van der Waals surface area contributed by atoms with Crippen molar-refractivity contribution in [2.75, 3.05) is 27.2 Å². The Morgan fingerprint density at radius 3 is 2.56 bits per heavy atom. The number of hydroxylamine groups is 3. The summed E-state index contributed by atoms with van der Waals surface area (Å²) in [6.07, 6.45) is 0. The zero-order valence-electron chi connectivity index (χ0n) is 12.1. The highest BCUT2D eigenvalue weighted by Crippen LogP contribution is 2.47. The molecule has 0 spiro atoms. The van der Waals surface area contributed by atoms with Gasteiger partial charge in [0.1, 0.15) is 14.1 Å². The molecule has 0 aromatic rings. The van der Waals surface area contributed by atoms with Gasteiger partial charge in [-0.25, -0.2) is 4.57 Å². The summed E-state index contributed by atoms with van der Waals surface area (Å²) >= 11 is 0. The molecule has 1 aliphatic heterocycles. The van der Waals surface area contributed by atoms with E-state index in [9.17, 15) is 9.46 Å². The smallest absolute Gasteiger partial charge is 0.299 e. The third-order valence-electron chi connectivity index (χ3n) is 3.32. The molecule has 0 aromatic heterocycles. The lowest BCUT2D eigenvalue weighted by Crippen LogP contribution is -2.46. The van der Waals surface area contributed by atoms with Gasteiger partial charge in [-0.15, -0.1) is 0 Å². The summed E-state index contributed by atoms with van der Waals surface area (Å²) in [7, 11) is -0.303. The summed E-state index contributed by atoms with van der Waals surface area (Å²) < 4.78 is 24.3.